The zero-order chi connectivity index (χ0) is 10.8. The van der Waals surface area contributed by atoms with Crippen molar-refractivity contribution in [1.82, 2.24) is 15.1 Å². The van der Waals surface area contributed by atoms with Crippen LogP contribution in [0.25, 0.3) is 11.5 Å². The zero-order valence-electron chi connectivity index (χ0n) is 7.88. The lowest BCUT2D eigenvalue weighted by molar-refractivity contribution is 0.152. The molecule has 0 aromatic carbocycles. The van der Waals surface area contributed by atoms with Crippen LogP contribution in [0.1, 0.15) is 18.9 Å². The number of rotatable bonds is 2. The summed E-state index contributed by atoms with van der Waals surface area (Å²) in [6.45, 7) is 1.51. The van der Waals surface area contributed by atoms with Crippen LogP contribution >= 0.6 is 0 Å². The molecule has 15 heavy (non-hydrogen) atoms. The Morgan fingerprint density at radius 3 is 2.80 bits per heavy atom. The van der Waals surface area contributed by atoms with E-state index in [4.69, 9.17) is 9.63 Å². The van der Waals surface area contributed by atoms with Crippen LogP contribution in [0.2, 0.25) is 0 Å². The smallest absolute Gasteiger partial charge is 0.255 e. The van der Waals surface area contributed by atoms with Gasteiger partial charge in [-0.25, -0.2) is 9.37 Å². The van der Waals surface area contributed by atoms with Crippen molar-refractivity contribution in [3.8, 4) is 11.5 Å². The van der Waals surface area contributed by atoms with E-state index in [9.17, 15) is 4.39 Å². The first-order valence-corrected chi connectivity index (χ1v) is 4.30. The van der Waals surface area contributed by atoms with Crippen LogP contribution in [0.4, 0.5) is 4.39 Å². The van der Waals surface area contributed by atoms with Gasteiger partial charge in [0.1, 0.15) is 17.6 Å². The molecule has 2 rings (SSSR count). The molecule has 0 unspecified atom stereocenters. The second kappa shape index (κ2) is 3.74. The molecule has 0 radical (unpaired) electrons. The summed E-state index contributed by atoms with van der Waals surface area (Å²) in [4.78, 5) is 7.68. The number of hydrogen-bond donors (Lipinski definition) is 1. The highest BCUT2D eigenvalue weighted by Crippen LogP contribution is 2.16. The van der Waals surface area contributed by atoms with E-state index in [2.05, 4.69) is 15.1 Å². The van der Waals surface area contributed by atoms with Crippen molar-refractivity contribution in [2.75, 3.05) is 0 Å². The topological polar surface area (TPSA) is 72.0 Å². The van der Waals surface area contributed by atoms with E-state index in [1.165, 1.54) is 19.1 Å². The average Bonchev–Trinajstić information content (AvgIpc) is 2.68. The Morgan fingerprint density at radius 2 is 2.27 bits per heavy atom. The number of hydrogen-bond acceptors (Lipinski definition) is 5. The normalized spacial score (nSPS) is 12.7. The Bertz CT molecular complexity index is 453. The minimum atomic E-state index is -0.827. The zero-order valence-corrected chi connectivity index (χ0v) is 7.88. The van der Waals surface area contributed by atoms with Gasteiger partial charge in [0, 0.05) is 0 Å². The fraction of sp³-hybridized carbons (Fsp3) is 0.222. The van der Waals surface area contributed by atoms with Crippen molar-refractivity contribution in [2.24, 2.45) is 0 Å². The third-order valence-electron chi connectivity index (χ3n) is 1.76. The minimum absolute atomic E-state index is 0.108. The van der Waals surface area contributed by atoms with E-state index >= 15 is 0 Å². The van der Waals surface area contributed by atoms with E-state index in [1.54, 1.807) is 0 Å². The van der Waals surface area contributed by atoms with Crippen molar-refractivity contribution in [3.63, 3.8) is 0 Å². The molecule has 0 spiro atoms. The summed E-state index contributed by atoms with van der Waals surface area (Å²) < 4.78 is 17.3. The van der Waals surface area contributed by atoms with Crippen molar-refractivity contribution < 1.29 is 14.0 Å². The number of nitrogens with zero attached hydrogens (tertiary/aromatic N) is 3. The second-order valence-electron chi connectivity index (χ2n) is 2.99. The molecule has 0 fully saturated rings. The average molecular weight is 209 g/mol. The molecule has 0 saturated heterocycles. The van der Waals surface area contributed by atoms with Gasteiger partial charge in [-0.3, -0.25) is 0 Å². The molecule has 5 nitrogen and oxygen atoms in total. The summed E-state index contributed by atoms with van der Waals surface area (Å²) >= 11 is 0. The Balaban J connectivity index is 2.33. The van der Waals surface area contributed by atoms with Crippen molar-refractivity contribution in [3.05, 3.63) is 30.0 Å². The van der Waals surface area contributed by atoms with Gasteiger partial charge < -0.3 is 9.63 Å². The number of aliphatic hydroxyl groups excluding tert-OH is 1. The fourth-order valence-corrected chi connectivity index (χ4v) is 1.02. The highest BCUT2D eigenvalue weighted by atomic mass is 19.1. The molecule has 0 saturated carbocycles. The predicted octanol–water partition coefficient (Wildman–Crippen LogP) is 1.32. The van der Waals surface area contributed by atoms with Gasteiger partial charge in [0.05, 0.1) is 6.20 Å². The monoisotopic (exact) mass is 209 g/mol. The lowest BCUT2D eigenvalue weighted by Gasteiger charge is -1.93. The van der Waals surface area contributed by atoms with E-state index in [0.29, 0.717) is 5.69 Å². The van der Waals surface area contributed by atoms with Gasteiger partial charge in [0.25, 0.3) is 5.89 Å². The van der Waals surface area contributed by atoms with Crippen LogP contribution in [0.15, 0.2) is 22.9 Å². The van der Waals surface area contributed by atoms with Gasteiger partial charge in [-0.1, -0.05) is 5.16 Å². The number of aromatic nitrogens is 3. The van der Waals surface area contributed by atoms with E-state index in [1.807, 2.05) is 0 Å². The molecule has 2 heterocycles. The molecular weight excluding hydrogens is 201 g/mol. The highest BCUT2D eigenvalue weighted by Gasteiger charge is 2.13. The Labute approximate surface area is 84.6 Å². The first kappa shape index (κ1) is 9.72. The van der Waals surface area contributed by atoms with Gasteiger partial charge in [-0.05, 0) is 19.1 Å². The Morgan fingerprint density at radius 1 is 1.47 bits per heavy atom. The summed E-state index contributed by atoms with van der Waals surface area (Å²) in [5, 5.41) is 12.8. The molecule has 0 aliphatic rings. The maximum absolute atomic E-state index is 12.6. The summed E-state index contributed by atoms with van der Waals surface area (Å²) in [6.07, 6.45) is 0.236. The fourth-order valence-electron chi connectivity index (χ4n) is 1.02. The number of aliphatic hydroxyl groups is 1. The first-order valence-electron chi connectivity index (χ1n) is 4.30. The first-order chi connectivity index (χ1) is 7.16. The maximum atomic E-state index is 12.6. The highest BCUT2D eigenvalue weighted by molar-refractivity contribution is 5.47. The Hall–Kier alpha value is -1.82. The van der Waals surface area contributed by atoms with E-state index in [0.717, 1.165) is 6.20 Å². The van der Waals surface area contributed by atoms with Gasteiger partial charge >= 0.3 is 0 Å². The molecule has 78 valence electrons. The maximum Gasteiger partial charge on any atom is 0.255 e. The summed E-state index contributed by atoms with van der Waals surface area (Å²) in [5.41, 5.74) is 0.395. The van der Waals surface area contributed by atoms with Crippen LogP contribution in [0, 0.1) is 5.82 Å². The molecule has 2 aromatic heterocycles. The molecule has 1 N–H and O–H groups in total. The minimum Gasteiger partial charge on any atom is -0.384 e. The van der Waals surface area contributed by atoms with Gasteiger partial charge in [-0.15, -0.1) is 0 Å². The molecule has 0 amide bonds. The molecule has 1 atom stereocenters. The SMILES string of the molecule is C[C@H](O)c1nc(-c2ccc(F)cn2)no1. The number of halogens is 1. The molecule has 6 heteroatoms. The lowest BCUT2D eigenvalue weighted by Crippen LogP contribution is -1.91. The molecule has 0 bridgehead atoms. The standard InChI is InChI=1S/C9H8FN3O2/c1-5(14)9-12-8(13-15-9)7-3-2-6(10)4-11-7/h2-5,14H,1H3/t5-/m0/s1. The van der Waals surface area contributed by atoms with Crippen LogP contribution < -0.4 is 0 Å². The summed E-state index contributed by atoms with van der Waals surface area (Å²) in [5.74, 6) is -0.0972. The predicted molar refractivity (Wildman–Crippen MR) is 48.1 cm³/mol. The van der Waals surface area contributed by atoms with E-state index < -0.39 is 11.9 Å². The molecule has 0 aliphatic carbocycles. The van der Waals surface area contributed by atoms with Gasteiger partial charge in [0.2, 0.25) is 5.82 Å². The second-order valence-corrected chi connectivity index (χ2v) is 2.99. The molecule has 0 aliphatic heterocycles. The Kier molecular flexibility index (Phi) is 2.42. The van der Waals surface area contributed by atoms with Crippen LogP contribution in [-0.2, 0) is 0 Å². The van der Waals surface area contributed by atoms with Gasteiger partial charge in [0.15, 0.2) is 0 Å². The third-order valence-corrected chi connectivity index (χ3v) is 1.76. The van der Waals surface area contributed by atoms with Crippen LogP contribution in [-0.4, -0.2) is 20.2 Å². The van der Waals surface area contributed by atoms with Crippen LogP contribution in [0.5, 0.6) is 0 Å². The van der Waals surface area contributed by atoms with Crippen molar-refractivity contribution in [1.29, 1.82) is 0 Å². The third kappa shape index (κ3) is 1.99. The number of pyridine rings is 1. The largest absolute Gasteiger partial charge is 0.384 e. The van der Waals surface area contributed by atoms with Crippen molar-refractivity contribution >= 4 is 0 Å². The molecular formula is C9H8FN3O2. The summed E-state index contributed by atoms with van der Waals surface area (Å²) in [6, 6.07) is 2.69. The quantitative estimate of drug-likeness (QED) is 0.807. The van der Waals surface area contributed by atoms with Crippen molar-refractivity contribution in [2.45, 2.75) is 13.0 Å². The summed E-state index contributed by atoms with van der Waals surface area (Å²) in [7, 11) is 0. The lowest BCUT2D eigenvalue weighted by atomic mass is 10.3. The van der Waals surface area contributed by atoms with Crippen LogP contribution in [0.3, 0.4) is 0 Å². The molecule has 2 aromatic rings. The van der Waals surface area contributed by atoms with E-state index in [-0.39, 0.29) is 11.7 Å². The van der Waals surface area contributed by atoms with Gasteiger partial charge in [-0.2, -0.15) is 4.98 Å².